The molecule has 1 aliphatic heterocycles. The zero-order valence-electron chi connectivity index (χ0n) is 25.5. The molecule has 0 saturated carbocycles. The molecule has 0 amide bonds. The molecule has 0 radical (unpaired) electrons. The second-order valence-electron chi connectivity index (χ2n) is 11.8. The van der Waals surface area contributed by atoms with E-state index in [2.05, 4.69) is 127 Å². The number of fused-ring (bicyclic) bond motifs is 2. The number of para-hydroxylation sites is 1. The molecule has 47 heavy (non-hydrogen) atoms. The Balaban J connectivity index is 1.18. The van der Waals surface area contributed by atoms with E-state index < -0.39 is 0 Å². The molecule has 9 rings (SSSR count). The van der Waals surface area contributed by atoms with Crippen molar-refractivity contribution in [3.63, 3.8) is 0 Å². The molecule has 0 spiro atoms. The molecule has 8 aromatic rings. The normalized spacial score (nSPS) is 11.6. The van der Waals surface area contributed by atoms with Crippen LogP contribution in [0.15, 0.2) is 170 Å². The molecule has 0 aliphatic carbocycles. The summed E-state index contributed by atoms with van der Waals surface area (Å²) < 4.78 is 6.81. The summed E-state index contributed by atoms with van der Waals surface area (Å²) >= 11 is 0. The molecule has 0 unspecified atom stereocenters. The van der Waals surface area contributed by atoms with Crippen LogP contribution in [0.3, 0.4) is 0 Å². The molecule has 220 valence electrons. The molecule has 1 aliphatic rings. The summed E-state index contributed by atoms with van der Waals surface area (Å²) in [4.78, 5) is 10.2. The van der Waals surface area contributed by atoms with Crippen molar-refractivity contribution >= 4 is 10.8 Å². The number of nitrogens with zero attached hydrogens (tertiary/aromatic N) is 2. The lowest BCUT2D eigenvalue weighted by Gasteiger charge is -2.24. The average molecular weight is 601 g/mol. The molecular formula is C44H28N2O. The monoisotopic (exact) mass is 600 g/mol. The molecule has 1 aromatic heterocycles. The van der Waals surface area contributed by atoms with E-state index in [1.165, 1.54) is 22.3 Å². The Hall–Kier alpha value is -6.32. The predicted molar refractivity (Wildman–Crippen MR) is 192 cm³/mol. The van der Waals surface area contributed by atoms with E-state index in [0.29, 0.717) is 5.82 Å². The van der Waals surface area contributed by atoms with Crippen LogP contribution in [0.2, 0.25) is 0 Å². The van der Waals surface area contributed by atoms with Crippen molar-refractivity contribution < 1.29 is 4.74 Å². The van der Waals surface area contributed by atoms with E-state index in [1.807, 2.05) is 42.5 Å². The van der Waals surface area contributed by atoms with E-state index in [4.69, 9.17) is 14.7 Å². The summed E-state index contributed by atoms with van der Waals surface area (Å²) in [7, 11) is 0. The number of aromatic nitrogens is 2. The fraction of sp³-hybridized carbons (Fsp3) is 0. The lowest BCUT2D eigenvalue weighted by atomic mass is 9.89. The number of hydrogen-bond donors (Lipinski definition) is 0. The van der Waals surface area contributed by atoms with Crippen molar-refractivity contribution in [1.29, 1.82) is 0 Å². The van der Waals surface area contributed by atoms with Crippen LogP contribution < -0.4 is 4.74 Å². The molecule has 0 bridgehead atoms. The van der Waals surface area contributed by atoms with Crippen molar-refractivity contribution in [2.24, 2.45) is 0 Å². The highest BCUT2D eigenvalue weighted by molar-refractivity contribution is 6.10. The Morgan fingerprint density at radius 1 is 0.362 bits per heavy atom. The summed E-state index contributed by atoms with van der Waals surface area (Å²) in [6, 6.07) is 59.0. The Kier molecular flexibility index (Phi) is 6.46. The van der Waals surface area contributed by atoms with E-state index in [1.54, 1.807) is 0 Å². The highest BCUT2D eigenvalue weighted by Crippen LogP contribution is 2.51. The molecular weight excluding hydrogens is 572 g/mol. The molecule has 0 atom stereocenters. The second-order valence-corrected chi connectivity index (χ2v) is 11.8. The van der Waals surface area contributed by atoms with Crippen molar-refractivity contribution in [3.05, 3.63) is 170 Å². The third kappa shape index (κ3) is 4.77. The Labute approximate surface area is 273 Å². The summed E-state index contributed by atoms with van der Waals surface area (Å²) in [6.07, 6.45) is 0. The fourth-order valence-electron chi connectivity index (χ4n) is 6.63. The zero-order valence-corrected chi connectivity index (χ0v) is 25.5. The quantitative estimate of drug-likeness (QED) is 0.197. The van der Waals surface area contributed by atoms with E-state index in [-0.39, 0.29) is 0 Å². The molecule has 2 heterocycles. The van der Waals surface area contributed by atoms with Gasteiger partial charge in [0.1, 0.15) is 11.5 Å². The predicted octanol–water partition coefficient (Wildman–Crippen LogP) is 11.7. The van der Waals surface area contributed by atoms with Crippen molar-refractivity contribution in [3.8, 4) is 78.8 Å². The third-order valence-corrected chi connectivity index (χ3v) is 8.93. The van der Waals surface area contributed by atoms with Crippen LogP contribution >= 0.6 is 0 Å². The van der Waals surface area contributed by atoms with Crippen LogP contribution in [0.25, 0.3) is 78.1 Å². The van der Waals surface area contributed by atoms with Crippen molar-refractivity contribution in [2.75, 3.05) is 0 Å². The number of ether oxygens (including phenoxy) is 1. The van der Waals surface area contributed by atoms with Gasteiger partial charge in [0.25, 0.3) is 0 Å². The van der Waals surface area contributed by atoms with Gasteiger partial charge < -0.3 is 4.74 Å². The van der Waals surface area contributed by atoms with Crippen LogP contribution in [-0.2, 0) is 0 Å². The average Bonchev–Trinajstić information content (AvgIpc) is 3.16. The summed E-state index contributed by atoms with van der Waals surface area (Å²) in [6.45, 7) is 0. The molecule has 3 heteroatoms. The van der Waals surface area contributed by atoms with E-state index >= 15 is 0 Å². The maximum atomic E-state index is 6.81. The van der Waals surface area contributed by atoms with Gasteiger partial charge in [-0.1, -0.05) is 152 Å². The van der Waals surface area contributed by atoms with Crippen LogP contribution in [-0.4, -0.2) is 9.97 Å². The minimum atomic E-state index is 0.632. The van der Waals surface area contributed by atoms with Crippen LogP contribution in [0, 0.1) is 0 Å². The lowest BCUT2D eigenvalue weighted by Crippen LogP contribution is -2.02. The van der Waals surface area contributed by atoms with E-state index in [0.717, 1.165) is 61.5 Å². The number of hydrogen-bond acceptors (Lipinski definition) is 3. The van der Waals surface area contributed by atoms with Gasteiger partial charge in [0, 0.05) is 22.1 Å². The van der Waals surface area contributed by atoms with Crippen molar-refractivity contribution in [2.45, 2.75) is 0 Å². The van der Waals surface area contributed by atoms with Crippen LogP contribution in [0.5, 0.6) is 11.5 Å². The SMILES string of the molecule is c1ccc(-c2ccc(-c3ccc4c5c(cccc35)-c3cccc(-c5nc(-c6ccccc6)cc(-c6ccccc6)n5)c3O4)cc2)cc1. The highest BCUT2D eigenvalue weighted by atomic mass is 16.5. The van der Waals surface area contributed by atoms with Crippen LogP contribution in [0.1, 0.15) is 0 Å². The zero-order chi connectivity index (χ0) is 31.2. The fourth-order valence-corrected chi connectivity index (χ4v) is 6.63. The lowest BCUT2D eigenvalue weighted by molar-refractivity contribution is 0.488. The first-order chi connectivity index (χ1) is 23.3. The minimum absolute atomic E-state index is 0.632. The molecule has 3 nitrogen and oxygen atoms in total. The van der Waals surface area contributed by atoms with Gasteiger partial charge in [-0.3, -0.25) is 0 Å². The van der Waals surface area contributed by atoms with Gasteiger partial charge in [0.15, 0.2) is 5.82 Å². The molecule has 0 fully saturated rings. The van der Waals surface area contributed by atoms with Gasteiger partial charge in [0.2, 0.25) is 0 Å². The summed E-state index contributed by atoms with van der Waals surface area (Å²) in [5, 5.41) is 2.28. The first kappa shape index (κ1) is 27.0. The smallest absolute Gasteiger partial charge is 0.164 e. The highest BCUT2D eigenvalue weighted by Gasteiger charge is 2.25. The Bertz CT molecular complexity index is 2340. The minimum Gasteiger partial charge on any atom is -0.455 e. The number of rotatable bonds is 5. The van der Waals surface area contributed by atoms with Crippen molar-refractivity contribution in [1.82, 2.24) is 9.97 Å². The first-order valence-corrected chi connectivity index (χ1v) is 15.8. The van der Waals surface area contributed by atoms with Gasteiger partial charge in [-0.25, -0.2) is 9.97 Å². The van der Waals surface area contributed by atoms with Gasteiger partial charge in [-0.15, -0.1) is 0 Å². The van der Waals surface area contributed by atoms with Gasteiger partial charge in [-0.05, 0) is 51.4 Å². The largest absolute Gasteiger partial charge is 0.455 e. The molecule has 0 N–H and O–H groups in total. The number of benzene rings is 7. The van der Waals surface area contributed by atoms with Crippen LogP contribution in [0.4, 0.5) is 0 Å². The second kappa shape index (κ2) is 11.2. The third-order valence-electron chi connectivity index (χ3n) is 8.93. The van der Waals surface area contributed by atoms with E-state index in [9.17, 15) is 0 Å². The molecule has 0 saturated heterocycles. The first-order valence-electron chi connectivity index (χ1n) is 15.8. The summed E-state index contributed by atoms with van der Waals surface area (Å²) in [5.41, 5.74) is 11.6. The topological polar surface area (TPSA) is 35.0 Å². The maximum Gasteiger partial charge on any atom is 0.164 e. The van der Waals surface area contributed by atoms with Gasteiger partial charge in [0.05, 0.1) is 17.0 Å². The Morgan fingerprint density at radius 3 is 1.55 bits per heavy atom. The standard InChI is InChI=1S/C44H28N2O/c1-4-12-29(13-5-1)30-22-24-31(25-23-30)34-26-27-41-42-35(34)18-10-19-36(42)37-20-11-21-38(43(37)47-41)44-45-39(32-14-6-2-7-15-32)28-40(46-44)33-16-8-3-9-17-33/h1-28H. The Morgan fingerprint density at radius 2 is 0.894 bits per heavy atom. The van der Waals surface area contributed by atoms with Gasteiger partial charge >= 0.3 is 0 Å². The summed E-state index contributed by atoms with van der Waals surface area (Å²) in [5.74, 6) is 2.24. The maximum absolute atomic E-state index is 6.81. The van der Waals surface area contributed by atoms with Gasteiger partial charge in [-0.2, -0.15) is 0 Å². The molecule has 7 aromatic carbocycles.